The van der Waals surface area contributed by atoms with Crippen LogP contribution >= 0.6 is 11.6 Å². The lowest BCUT2D eigenvalue weighted by Gasteiger charge is -2.28. The molecule has 2 aromatic carbocycles. The number of sulfonamides is 2. The van der Waals surface area contributed by atoms with E-state index in [4.69, 9.17) is 16.3 Å². The van der Waals surface area contributed by atoms with Crippen LogP contribution in [0.4, 0.5) is 11.4 Å². The maximum atomic E-state index is 12.9. The summed E-state index contributed by atoms with van der Waals surface area (Å²) in [5.41, 5.74) is 0.548. The average molecular weight is 516 g/mol. The third-order valence-corrected chi connectivity index (χ3v) is 8.75. The van der Waals surface area contributed by atoms with Gasteiger partial charge in [-0.2, -0.15) is 4.31 Å². The van der Waals surface area contributed by atoms with Crippen LogP contribution in [0.15, 0.2) is 47.4 Å². The number of nitrogens with zero attached hydrogens (tertiary/aromatic N) is 2. The van der Waals surface area contributed by atoms with Crippen LogP contribution in [-0.4, -0.2) is 59.5 Å². The standard InChI is InChI=1S/C21H26ClN3O6S2/c1-15(25(32(3,27)28)17-8-11-20(31-2)19(22)14-17)21(26)23-16-6-9-18(10-7-16)33(29,30)24-12-4-5-13-24/h6-11,14-15H,4-5,12-13H2,1-3H3,(H,23,26)/t15-/m0/s1. The highest BCUT2D eigenvalue weighted by atomic mass is 35.5. The average Bonchev–Trinajstić information content (AvgIpc) is 3.29. The Morgan fingerprint density at radius 3 is 2.21 bits per heavy atom. The Morgan fingerprint density at radius 1 is 1.09 bits per heavy atom. The molecule has 1 amide bonds. The molecule has 0 unspecified atom stereocenters. The Hall–Kier alpha value is -2.34. The smallest absolute Gasteiger partial charge is 0.247 e. The van der Waals surface area contributed by atoms with Crippen molar-refractivity contribution in [2.24, 2.45) is 0 Å². The van der Waals surface area contributed by atoms with Crippen molar-refractivity contribution >= 4 is 48.9 Å². The minimum Gasteiger partial charge on any atom is -0.495 e. The fourth-order valence-corrected chi connectivity index (χ4v) is 6.57. The second-order valence-corrected chi connectivity index (χ2v) is 11.9. The zero-order valence-corrected chi connectivity index (χ0v) is 20.9. The van der Waals surface area contributed by atoms with E-state index in [-0.39, 0.29) is 15.6 Å². The first kappa shape index (κ1) is 25.3. The van der Waals surface area contributed by atoms with E-state index in [0.29, 0.717) is 24.5 Å². The van der Waals surface area contributed by atoms with Gasteiger partial charge in [-0.25, -0.2) is 16.8 Å². The highest BCUT2D eigenvalue weighted by Crippen LogP contribution is 2.31. The molecule has 1 N–H and O–H groups in total. The van der Waals surface area contributed by atoms with Crippen molar-refractivity contribution < 1.29 is 26.4 Å². The monoisotopic (exact) mass is 515 g/mol. The number of rotatable bonds is 8. The molecule has 0 radical (unpaired) electrons. The molecule has 12 heteroatoms. The molecule has 1 saturated heterocycles. The van der Waals surface area contributed by atoms with Crippen molar-refractivity contribution in [2.45, 2.75) is 30.7 Å². The summed E-state index contributed by atoms with van der Waals surface area (Å²) in [6.07, 6.45) is 2.66. The zero-order valence-electron chi connectivity index (χ0n) is 18.5. The molecule has 1 aliphatic rings. The number of amides is 1. The molecule has 2 aromatic rings. The number of halogens is 1. The predicted octanol–water partition coefficient (Wildman–Crippen LogP) is 2.93. The van der Waals surface area contributed by atoms with Gasteiger partial charge in [0.25, 0.3) is 0 Å². The minimum atomic E-state index is -3.84. The highest BCUT2D eigenvalue weighted by molar-refractivity contribution is 7.92. The van der Waals surface area contributed by atoms with Gasteiger partial charge >= 0.3 is 0 Å². The van der Waals surface area contributed by atoms with Gasteiger partial charge in [0, 0.05) is 18.8 Å². The molecular formula is C21H26ClN3O6S2. The van der Waals surface area contributed by atoms with Crippen molar-refractivity contribution in [3.8, 4) is 5.75 Å². The summed E-state index contributed by atoms with van der Waals surface area (Å²) in [7, 11) is -5.97. The van der Waals surface area contributed by atoms with E-state index in [1.165, 1.54) is 60.8 Å². The van der Waals surface area contributed by atoms with Crippen LogP contribution < -0.4 is 14.4 Å². The summed E-state index contributed by atoms with van der Waals surface area (Å²) in [6, 6.07) is 9.09. The van der Waals surface area contributed by atoms with Gasteiger partial charge < -0.3 is 10.1 Å². The fourth-order valence-electron chi connectivity index (χ4n) is 3.64. The second kappa shape index (κ2) is 9.88. The van der Waals surface area contributed by atoms with Crippen LogP contribution in [0.25, 0.3) is 0 Å². The fraction of sp³-hybridized carbons (Fsp3) is 0.381. The SMILES string of the molecule is COc1ccc(N([C@@H](C)C(=O)Nc2ccc(S(=O)(=O)N3CCCC3)cc2)S(C)(=O)=O)cc1Cl. The summed E-state index contributed by atoms with van der Waals surface area (Å²) < 4.78 is 57.7. The van der Waals surface area contributed by atoms with Crippen LogP contribution in [0.3, 0.4) is 0 Å². The lowest BCUT2D eigenvalue weighted by Crippen LogP contribution is -2.45. The second-order valence-electron chi connectivity index (χ2n) is 7.68. The maximum Gasteiger partial charge on any atom is 0.247 e. The highest BCUT2D eigenvalue weighted by Gasteiger charge is 2.30. The number of benzene rings is 2. The van der Waals surface area contributed by atoms with Crippen LogP contribution in [0, 0.1) is 0 Å². The number of methoxy groups -OCH3 is 1. The number of carbonyl (C=O) groups excluding carboxylic acids is 1. The molecule has 3 rings (SSSR count). The van der Waals surface area contributed by atoms with Gasteiger partial charge in [-0.1, -0.05) is 11.6 Å². The van der Waals surface area contributed by atoms with Crippen molar-refractivity contribution in [3.05, 3.63) is 47.5 Å². The number of nitrogens with one attached hydrogen (secondary N) is 1. The van der Waals surface area contributed by atoms with Crippen LogP contribution in [0.5, 0.6) is 5.75 Å². The van der Waals surface area contributed by atoms with Crippen LogP contribution in [0.2, 0.25) is 5.02 Å². The molecule has 0 aromatic heterocycles. The molecule has 1 aliphatic heterocycles. The van der Waals surface area contributed by atoms with E-state index in [9.17, 15) is 21.6 Å². The van der Waals surface area contributed by atoms with Crippen molar-refractivity contribution in [2.75, 3.05) is 36.1 Å². The van der Waals surface area contributed by atoms with E-state index in [1.807, 2.05) is 0 Å². The summed E-state index contributed by atoms with van der Waals surface area (Å²) in [5, 5.41) is 2.84. The molecule has 9 nitrogen and oxygen atoms in total. The molecule has 33 heavy (non-hydrogen) atoms. The summed E-state index contributed by atoms with van der Waals surface area (Å²) in [6.45, 7) is 2.44. The largest absolute Gasteiger partial charge is 0.495 e. The predicted molar refractivity (Wildman–Crippen MR) is 128 cm³/mol. The molecule has 1 heterocycles. The van der Waals surface area contributed by atoms with E-state index >= 15 is 0 Å². The Bertz CT molecular complexity index is 1230. The molecule has 0 saturated carbocycles. The third-order valence-electron chi connectivity index (χ3n) is 5.30. The molecule has 180 valence electrons. The molecule has 1 fully saturated rings. The maximum absolute atomic E-state index is 12.9. The zero-order chi connectivity index (χ0) is 24.4. The molecule has 1 atom stereocenters. The Kier molecular flexibility index (Phi) is 7.57. The van der Waals surface area contributed by atoms with Crippen LogP contribution in [-0.2, 0) is 24.8 Å². The van der Waals surface area contributed by atoms with E-state index in [2.05, 4.69) is 5.32 Å². The Labute approximate surface area is 199 Å². The van der Waals surface area contributed by atoms with Gasteiger partial charge in [-0.05, 0) is 62.2 Å². The number of anilines is 2. The number of carbonyl (C=O) groups is 1. The number of ether oxygens (including phenoxy) is 1. The molecule has 0 bridgehead atoms. The number of hydrogen-bond donors (Lipinski definition) is 1. The lowest BCUT2D eigenvalue weighted by atomic mass is 10.2. The first-order valence-electron chi connectivity index (χ1n) is 10.2. The summed E-state index contributed by atoms with van der Waals surface area (Å²) in [5.74, 6) is -0.225. The van der Waals surface area contributed by atoms with Crippen molar-refractivity contribution in [1.29, 1.82) is 0 Å². The van der Waals surface area contributed by atoms with Crippen molar-refractivity contribution in [3.63, 3.8) is 0 Å². The topological polar surface area (TPSA) is 113 Å². The Morgan fingerprint density at radius 2 is 1.70 bits per heavy atom. The first-order valence-corrected chi connectivity index (χ1v) is 13.9. The quantitative estimate of drug-likeness (QED) is 0.578. The summed E-state index contributed by atoms with van der Waals surface area (Å²) in [4.78, 5) is 13.0. The van der Waals surface area contributed by atoms with Gasteiger partial charge in [0.1, 0.15) is 11.8 Å². The molecular weight excluding hydrogens is 490 g/mol. The number of hydrogen-bond acceptors (Lipinski definition) is 6. The third kappa shape index (κ3) is 5.60. The van der Waals surface area contributed by atoms with E-state index < -0.39 is 32.0 Å². The molecule has 0 aliphatic carbocycles. The van der Waals surface area contributed by atoms with Gasteiger partial charge in [-0.15, -0.1) is 0 Å². The lowest BCUT2D eigenvalue weighted by molar-refractivity contribution is -0.116. The van der Waals surface area contributed by atoms with Gasteiger partial charge in [0.05, 0.1) is 29.0 Å². The van der Waals surface area contributed by atoms with Gasteiger partial charge in [-0.3, -0.25) is 9.10 Å². The Balaban J connectivity index is 1.79. The first-order chi connectivity index (χ1) is 15.4. The molecule has 0 spiro atoms. The summed E-state index contributed by atoms with van der Waals surface area (Å²) >= 11 is 6.14. The van der Waals surface area contributed by atoms with E-state index in [1.54, 1.807) is 0 Å². The normalized spacial score (nSPS) is 15.8. The van der Waals surface area contributed by atoms with Gasteiger partial charge in [0.15, 0.2) is 0 Å². The van der Waals surface area contributed by atoms with Crippen molar-refractivity contribution in [1.82, 2.24) is 4.31 Å². The minimum absolute atomic E-state index is 0.140. The van der Waals surface area contributed by atoms with Gasteiger partial charge in [0.2, 0.25) is 26.0 Å². The van der Waals surface area contributed by atoms with Crippen LogP contribution in [0.1, 0.15) is 19.8 Å². The van der Waals surface area contributed by atoms with E-state index in [0.717, 1.165) is 23.4 Å².